The first-order valence-electron chi connectivity index (χ1n) is 4.89. The number of thiophene rings is 1. The molecule has 0 amide bonds. The smallest absolute Gasteiger partial charge is 0.151 e. The molecule has 0 aliphatic rings. The van der Waals surface area contributed by atoms with Crippen LogP contribution in [0, 0.1) is 6.92 Å². The lowest BCUT2D eigenvalue weighted by atomic mass is 10.1. The summed E-state index contributed by atoms with van der Waals surface area (Å²) in [4.78, 5) is 0.961. The van der Waals surface area contributed by atoms with Gasteiger partial charge in [-0.05, 0) is 32.5 Å². The summed E-state index contributed by atoms with van der Waals surface area (Å²) >= 11 is 7.42. The van der Waals surface area contributed by atoms with Gasteiger partial charge in [0.15, 0.2) is 9.84 Å². The van der Waals surface area contributed by atoms with E-state index in [1.165, 1.54) is 17.6 Å². The van der Waals surface area contributed by atoms with Crippen LogP contribution < -0.4 is 5.32 Å². The maximum absolute atomic E-state index is 11.5. The van der Waals surface area contributed by atoms with Gasteiger partial charge in [0, 0.05) is 11.1 Å². The Hall–Kier alpha value is -0.100. The highest BCUT2D eigenvalue weighted by Gasteiger charge is 2.27. The third-order valence-corrected chi connectivity index (χ3v) is 5.90. The number of sulfone groups is 1. The fraction of sp³-hybridized carbons (Fsp3) is 0.600. The molecule has 0 radical (unpaired) electrons. The summed E-state index contributed by atoms with van der Waals surface area (Å²) in [6.07, 6.45) is 1.25. The van der Waals surface area contributed by atoms with Gasteiger partial charge in [0.1, 0.15) is 0 Å². The third-order valence-electron chi connectivity index (χ3n) is 2.64. The van der Waals surface area contributed by atoms with Gasteiger partial charge in [-0.25, -0.2) is 8.42 Å². The molecular formula is C10H16ClNO2S2. The molecule has 2 atom stereocenters. The Morgan fingerprint density at radius 3 is 2.38 bits per heavy atom. The van der Waals surface area contributed by atoms with E-state index in [0.29, 0.717) is 0 Å². The maximum Gasteiger partial charge on any atom is 0.151 e. The molecule has 16 heavy (non-hydrogen) atoms. The van der Waals surface area contributed by atoms with Crippen LogP contribution in [0.25, 0.3) is 0 Å². The van der Waals surface area contributed by atoms with Crippen molar-refractivity contribution in [2.24, 2.45) is 0 Å². The Morgan fingerprint density at radius 2 is 2.06 bits per heavy atom. The molecule has 1 heterocycles. The van der Waals surface area contributed by atoms with Crippen molar-refractivity contribution in [1.29, 1.82) is 0 Å². The van der Waals surface area contributed by atoms with Crippen molar-refractivity contribution in [3.63, 3.8) is 0 Å². The minimum Gasteiger partial charge on any atom is -0.311 e. The zero-order valence-electron chi connectivity index (χ0n) is 9.74. The molecule has 1 aromatic heterocycles. The van der Waals surface area contributed by atoms with Gasteiger partial charge in [-0.15, -0.1) is 11.3 Å². The van der Waals surface area contributed by atoms with Crippen molar-refractivity contribution in [1.82, 2.24) is 5.32 Å². The van der Waals surface area contributed by atoms with Crippen LogP contribution in [0.15, 0.2) is 6.07 Å². The SMILES string of the molecule is CNC(c1cc(C)c(Cl)s1)C(C)S(C)(=O)=O. The predicted octanol–water partition coefficient (Wildman–Crippen LogP) is 2.40. The molecule has 0 aromatic carbocycles. The number of nitrogens with one attached hydrogen (secondary N) is 1. The van der Waals surface area contributed by atoms with Crippen LogP contribution in [-0.4, -0.2) is 27.0 Å². The van der Waals surface area contributed by atoms with Gasteiger partial charge in [-0.3, -0.25) is 0 Å². The number of aryl methyl sites for hydroxylation is 1. The number of halogens is 1. The largest absolute Gasteiger partial charge is 0.311 e. The first kappa shape index (κ1) is 14.0. The third kappa shape index (κ3) is 2.97. The van der Waals surface area contributed by atoms with Gasteiger partial charge < -0.3 is 5.32 Å². The van der Waals surface area contributed by atoms with Crippen LogP contribution in [-0.2, 0) is 9.84 Å². The van der Waals surface area contributed by atoms with Crippen molar-refractivity contribution in [3.05, 3.63) is 20.8 Å². The molecule has 0 bridgehead atoms. The number of hydrogen-bond donors (Lipinski definition) is 1. The minimum absolute atomic E-state index is 0.203. The van der Waals surface area contributed by atoms with Crippen LogP contribution in [0.1, 0.15) is 23.4 Å². The topological polar surface area (TPSA) is 46.2 Å². The average Bonchev–Trinajstić information content (AvgIpc) is 2.46. The monoisotopic (exact) mass is 281 g/mol. The van der Waals surface area contributed by atoms with Crippen LogP contribution >= 0.6 is 22.9 Å². The van der Waals surface area contributed by atoms with Crippen molar-refractivity contribution >= 4 is 32.8 Å². The quantitative estimate of drug-likeness (QED) is 0.922. The normalized spacial score (nSPS) is 16.1. The van der Waals surface area contributed by atoms with Crippen molar-refractivity contribution in [3.8, 4) is 0 Å². The molecule has 1 aromatic rings. The molecule has 0 saturated carbocycles. The molecule has 1 N–H and O–H groups in total. The van der Waals surface area contributed by atoms with Gasteiger partial charge >= 0.3 is 0 Å². The molecule has 0 spiro atoms. The Kier molecular flexibility index (Phi) is 4.40. The van der Waals surface area contributed by atoms with E-state index in [2.05, 4.69) is 5.32 Å². The first-order valence-corrected chi connectivity index (χ1v) is 8.04. The van der Waals surface area contributed by atoms with Gasteiger partial charge in [0.05, 0.1) is 15.6 Å². The molecule has 0 fully saturated rings. The predicted molar refractivity (Wildman–Crippen MR) is 70.2 cm³/mol. The van der Waals surface area contributed by atoms with Gasteiger partial charge in [0.25, 0.3) is 0 Å². The first-order chi connectivity index (χ1) is 7.27. The zero-order valence-corrected chi connectivity index (χ0v) is 12.1. The maximum atomic E-state index is 11.5. The molecule has 0 aliphatic carbocycles. The second kappa shape index (κ2) is 5.04. The molecule has 92 valence electrons. The second-order valence-corrected chi connectivity index (χ2v) is 7.99. The Labute approximate surface area is 106 Å². The fourth-order valence-electron chi connectivity index (χ4n) is 1.49. The Balaban J connectivity index is 3.08. The van der Waals surface area contributed by atoms with Crippen LogP contribution in [0.4, 0.5) is 0 Å². The molecule has 2 unspecified atom stereocenters. The average molecular weight is 282 g/mol. The summed E-state index contributed by atoms with van der Waals surface area (Å²) in [6, 6.07) is 1.74. The van der Waals surface area contributed by atoms with Gasteiger partial charge in [-0.2, -0.15) is 0 Å². The lowest BCUT2D eigenvalue weighted by Gasteiger charge is -2.20. The lowest BCUT2D eigenvalue weighted by Crippen LogP contribution is -2.32. The van der Waals surface area contributed by atoms with E-state index in [1.807, 2.05) is 13.0 Å². The highest BCUT2D eigenvalue weighted by Crippen LogP contribution is 2.33. The van der Waals surface area contributed by atoms with Crippen molar-refractivity contribution in [2.45, 2.75) is 25.1 Å². The molecule has 0 aliphatic heterocycles. The number of rotatable bonds is 4. The van der Waals surface area contributed by atoms with E-state index < -0.39 is 15.1 Å². The summed E-state index contributed by atoms with van der Waals surface area (Å²) in [7, 11) is -1.31. The van der Waals surface area contributed by atoms with Gasteiger partial charge in [-0.1, -0.05) is 11.6 Å². The standard InChI is InChI=1S/C10H16ClNO2S2/c1-6-5-8(15-10(6)11)9(12-3)7(2)16(4,13)14/h5,7,9,12H,1-4H3. The summed E-state index contributed by atoms with van der Waals surface area (Å²) in [5.41, 5.74) is 0.989. The van der Waals surface area contributed by atoms with E-state index >= 15 is 0 Å². The number of hydrogen-bond acceptors (Lipinski definition) is 4. The van der Waals surface area contributed by atoms with E-state index in [1.54, 1.807) is 14.0 Å². The Bertz CT molecular complexity index is 448. The molecular weight excluding hydrogens is 266 g/mol. The Morgan fingerprint density at radius 1 is 1.50 bits per heavy atom. The molecule has 6 heteroatoms. The minimum atomic E-state index is -3.06. The molecule has 0 saturated heterocycles. The summed E-state index contributed by atoms with van der Waals surface area (Å²) in [5.74, 6) is 0. The van der Waals surface area contributed by atoms with E-state index in [0.717, 1.165) is 14.8 Å². The van der Waals surface area contributed by atoms with E-state index in [9.17, 15) is 8.42 Å². The van der Waals surface area contributed by atoms with E-state index in [-0.39, 0.29) is 6.04 Å². The summed E-state index contributed by atoms with van der Waals surface area (Å²) in [6.45, 7) is 3.62. The van der Waals surface area contributed by atoms with Gasteiger partial charge in [0.2, 0.25) is 0 Å². The zero-order chi connectivity index (χ0) is 12.5. The van der Waals surface area contributed by atoms with Crippen LogP contribution in [0.5, 0.6) is 0 Å². The summed E-state index contributed by atoms with van der Waals surface area (Å²) < 4.78 is 23.8. The van der Waals surface area contributed by atoms with Crippen molar-refractivity contribution in [2.75, 3.05) is 13.3 Å². The van der Waals surface area contributed by atoms with E-state index in [4.69, 9.17) is 11.6 Å². The highest BCUT2D eigenvalue weighted by molar-refractivity contribution is 7.91. The van der Waals surface area contributed by atoms with Crippen molar-refractivity contribution < 1.29 is 8.42 Å². The molecule has 3 nitrogen and oxygen atoms in total. The second-order valence-electron chi connectivity index (χ2n) is 3.91. The summed E-state index contributed by atoms with van der Waals surface area (Å²) in [5, 5.41) is 2.57. The molecule has 1 rings (SSSR count). The fourth-order valence-corrected chi connectivity index (χ4v) is 3.79. The lowest BCUT2D eigenvalue weighted by molar-refractivity contribution is 0.539. The highest BCUT2D eigenvalue weighted by atomic mass is 35.5. The van der Waals surface area contributed by atoms with Crippen LogP contribution in [0.2, 0.25) is 4.34 Å². The van der Waals surface area contributed by atoms with Crippen LogP contribution in [0.3, 0.4) is 0 Å².